The topological polar surface area (TPSA) is 63.4 Å². The minimum Gasteiger partial charge on any atom is -0.369 e. The number of piperidine rings is 1. The van der Waals surface area contributed by atoms with E-state index in [4.69, 9.17) is 28.9 Å². The molecule has 0 aromatic heterocycles. The number of nitrogens with zero attached hydrogens (tertiary/aromatic N) is 1. The standard InChI is InChI=1S/C15H16Cl2N2O2/c16-12-3-1-2-10(14(12)17)4-5-13(20)19-8-6-11(7-9-19)15(18)21/h1-5,11H,6-9H2,(H2,18,21)/b5-4+. The lowest BCUT2D eigenvalue weighted by atomic mass is 9.96. The van der Waals surface area contributed by atoms with E-state index in [0.717, 1.165) is 0 Å². The zero-order valence-electron chi connectivity index (χ0n) is 11.4. The van der Waals surface area contributed by atoms with E-state index in [1.807, 2.05) is 0 Å². The summed E-state index contributed by atoms with van der Waals surface area (Å²) < 4.78 is 0. The molecule has 1 aliphatic heterocycles. The molecule has 4 nitrogen and oxygen atoms in total. The Morgan fingerprint density at radius 2 is 1.90 bits per heavy atom. The first kappa shape index (κ1) is 15.9. The van der Waals surface area contributed by atoms with E-state index in [-0.39, 0.29) is 17.7 Å². The van der Waals surface area contributed by atoms with Crippen molar-refractivity contribution in [3.63, 3.8) is 0 Å². The Kier molecular flexibility index (Phi) is 5.26. The van der Waals surface area contributed by atoms with Crippen molar-refractivity contribution < 1.29 is 9.59 Å². The predicted octanol–water partition coefficient (Wildman–Crippen LogP) is 2.73. The molecule has 2 amide bonds. The summed E-state index contributed by atoms with van der Waals surface area (Å²) in [5.74, 6) is -0.516. The molecule has 21 heavy (non-hydrogen) atoms. The second kappa shape index (κ2) is 6.96. The quantitative estimate of drug-likeness (QED) is 0.868. The summed E-state index contributed by atoms with van der Waals surface area (Å²) in [7, 11) is 0. The van der Waals surface area contributed by atoms with Gasteiger partial charge in [-0.3, -0.25) is 9.59 Å². The summed E-state index contributed by atoms with van der Waals surface area (Å²) in [6, 6.07) is 5.26. The molecular formula is C15H16Cl2N2O2. The fourth-order valence-electron chi connectivity index (χ4n) is 2.30. The molecule has 0 aliphatic carbocycles. The highest BCUT2D eigenvalue weighted by Gasteiger charge is 2.24. The highest BCUT2D eigenvalue weighted by molar-refractivity contribution is 6.42. The molecule has 0 atom stereocenters. The van der Waals surface area contributed by atoms with E-state index in [1.165, 1.54) is 6.08 Å². The van der Waals surface area contributed by atoms with Crippen LogP contribution in [0.5, 0.6) is 0 Å². The van der Waals surface area contributed by atoms with Gasteiger partial charge in [0.2, 0.25) is 11.8 Å². The van der Waals surface area contributed by atoms with Crippen LogP contribution in [0.25, 0.3) is 6.08 Å². The minimum atomic E-state index is -0.289. The number of amides is 2. The number of primary amides is 1. The number of hydrogen-bond acceptors (Lipinski definition) is 2. The zero-order valence-corrected chi connectivity index (χ0v) is 12.9. The summed E-state index contributed by atoms with van der Waals surface area (Å²) in [5.41, 5.74) is 5.97. The van der Waals surface area contributed by atoms with Crippen molar-refractivity contribution in [2.24, 2.45) is 11.7 Å². The molecule has 2 N–H and O–H groups in total. The van der Waals surface area contributed by atoms with Gasteiger partial charge in [-0.05, 0) is 30.5 Å². The molecule has 1 saturated heterocycles. The zero-order chi connectivity index (χ0) is 15.4. The van der Waals surface area contributed by atoms with Crippen molar-refractivity contribution >= 4 is 41.1 Å². The average molecular weight is 327 g/mol. The summed E-state index contributed by atoms with van der Waals surface area (Å²) in [6.07, 6.45) is 4.36. The van der Waals surface area contributed by atoms with E-state index in [2.05, 4.69) is 0 Å². The summed E-state index contributed by atoms with van der Waals surface area (Å²) in [6.45, 7) is 1.08. The van der Waals surface area contributed by atoms with Gasteiger partial charge in [0.15, 0.2) is 0 Å². The molecule has 1 fully saturated rings. The highest BCUT2D eigenvalue weighted by Crippen LogP contribution is 2.26. The van der Waals surface area contributed by atoms with Crippen LogP contribution in [0.15, 0.2) is 24.3 Å². The Hall–Kier alpha value is -1.52. The fourth-order valence-corrected chi connectivity index (χ4v) is 2.67. The lowest BCUT2D eigenvalue weighted by Gasteiger charge is -2.29. The number of carbonyl (C=O) groups is 2. The number of nitrogens with two attached hydrogens (primary N) is 1. The summed E-state index contributed by atoms with van der Waals surface area (Å²) in [4.78, 5) is 24.9. The molecule has 0 saturated carbocycles. The lowest BCUT2D eigenvalue weighted by Crippen LogP contribution is -2.41. The third-order valence-corrected chi connectivity index (χ3v) is 4.43. The molecule has 1 aromatic rings. The van der Waals surface area contributed by atoms with Crippen LogP contribution in [-0.2, 0) is 9.59 Å². The van der Waals surface area contributed by atoms with E-state index in [0.29, 0.717) is 41.5 Å². The van der Waals surface area contributed by atoms with Gasteiger partial charge in [-0.15, -0.1) is 0 Å². The molecule has 112 valence electrons. The van der Waals surface area contributed by atoms with Crippen molar-refractivity contribution in [2.45, 2.75) is 12.8 Å². The maximum absolute atomic E-state index is 12.1. The van der Waals surface area contributed by atoms with E-state index >= 15 is 0 Å². The van der Waals surface area contributed by atoms with Crippen LogP contribution in [0.4, 0.5) is 0 Å². The first-order valence-electron chi connectivity index (χ1n) is 6.69. The van der Waals surface area contributed by atoms with Crippen LogP contribution in [0, 0.1) is 5.92 Å². The summed E-state index contributed by atoms with van der Waals surface area (Å²) in [5, 5.41) is 0.879. The van der Waals surface area contributed by atoms with E-state index in [1.54, 1.807) is 29.2 Å². The van der Waals surface area contributed by atoms with Crippen molar-refractivity contribution in [1.82, 2.24) is 4.90 Å². The second-order valence-electron chi connectivity index (χ2n) is 4.98. The van der Waals surface area contributed by atoms with Crippen LogP contribution in [0.2, 0.25) is 10.0 Å². The first-order chi connectivity index (χ1) is 9.99. The molecule has 0 spiro atoms. The van der Waals surface area contributed by atoms with Crippen LogP contribution < -0.4 is 5.73 Å². The fraction of sp³-hybridized carbons (Fsp3) is 0.333. The van der Waals surface area contributed by atoms with Crippen molar-refractivity contribution in [2.75, 3.05) is 13.1 Å². The second-order valence-corrected chi connectivity index (χ2v) is 5.76. The molecular weight excluding hydrogens is 311 g/mol. The van der Waals surface area contributed by atoms with Gasteiger partial charge in [0, 0.05) is 25.1 Å². The molecule has 0 unspecified atom stereocenters. The number of halogens is 2. The maximum atomic E-state index is 12.1. The number of likely N-dealkylation sites (tertiary alicyclic amines) is 1. The van der Waals surface area contributed by atoms with Crippen LogP contribution >= 0.6 is 23.2 Å². The maximum Gasteiger partial charge on any atom is 0.246 e. The molecule has 0 bridgehead atoms. The third-order valence-electron chi connectivity index (χ3n) is 3.60. The van der Waals surface area contributed by atoms with Crippen molar-refractivity contribution in [3.8, 4) is 0 Å². The molecule has 2 rings (SSSR count). The van der Waals surface area contributed by atoms with E-state index < -0.39 is 0 Å². The number of hydrogen-bond donors (Lipinski definition) is 1. The molecule has 1 aromatic carbocycles. The average Bonchev–Trinajstić information content (AvgIpc) is 2.48. The van der Waals surface area contributed by atoms with Gasteiger partial charge in [-0.2, -0.15) is 0 Å². The van der Waals surface area contributed by atoms with Gasteiger partial charge in [-0.1, -0.05) is 35.3 Å². The Labute approximate surface area is 133 Å². The Morgan fingerprint density at radius 3 is 2.52 bits per heavy atom. The number of rotatable bonds is 3. The Morgan fingerprint density at radius 1 is 1.24 bits per heavy atom. The number of benzene rings is 1. The van der Waals surface area contributed by atoms with Gasteiger partial charge < -0.3 is 10.6 Å². The third kappa shape index (κ3) is 3.99. The van der Waals surface area contributed by atoms with Gasteiger partial charge in [0.05, 0.1) is 10.0 Å². The smallest absolute Gasteiger partial charge is 0.246 e. The molecule has 1 heterocycles. The van der Waals surface area contributed by atoms with Crippen LogP contribution in [0.1, 0.15) is 18.4 Å². The summed E-state index contributed by atoms with van der Waals surface area (Å²) >= 11 is 12.0. The van der Waals surface area contributed by atoms with Gasteiger partial charge in [-0.25, -0.2) is 0 Å². The molecule has 6 heteroatoms. The van der Waals surface area contributed by atoms with Crippen molar-refractivity contribution in [3.05, 3.63) is 39.9 Å². The van der Waals surface area contributed by atoms with Gasteiger partial charge in [0.1, 0.15) is 0 Å². The van der Waals surface area contributed by atoms with Gasteiger partial charge in [0.25, 0.3) is 0 Å². The van der Waals surface area contributed by atoms with Crippen LogP contribution in [-0.4, -0.2) is 29.8 Å². The highest BCUT2D eigenvalue weighted by atomic mass is 35.5. The molecule has 0 radical (unpaired) electrons. The molecule has 1 aliphatic rings. The largest absolute Gasteiger partial charge is 0.369 e. The Balaban J connectivity index is 1.97. The van der Waals surface area contributed by atoms with Gasteiger partial charge >= 0.3 is 0 Å². The minimum absolute atomic E-state index is 0.103. The normalized spacial score (nSPS) is 16.4. The lowest BCUT2D eigenvalue weighted by molar-refractivity contribution is -0.130. The van der Waals surface area contributed by atoms with Crippen molar-refractivity contribution in [1.29, 1.82) is 0 Å². The Bertz CT molecular complexity index is 579. The first-order valence-corrected chi connectivity index (χ1v) is 7.45. The van der Waals surface area contributed by atoms with Crippen LogP contribution in [0.3, 0.4) is 0 Å². The SMILES string of the molecule is NC(=O)C1CCN(C(=O)/C=C/c2cccc(Cl)c2Cl)CC1. The van der Waals surface area contributed by atoms with E-state index in [9.17, 15) is 9.59 Å². The number of carbonyl (C=O) groups excluding carboxylic acids is 2. The monoisotopic (exact) mass is 326 g/mol. The predicted molar refractivity (Wildman–Crippen MR) is 84.0 cm³/mol.